The zero-order valence-corrected chi connectivity index (χ0v) is 10.2. The highest BCUT2D eigenvalue weighted by Gasteiger charge is 2.15. The van der Waals surface area contributed by atoms with E-state index in [1.807, 2.05) is 0 Å². The van der Waals surface area contributed by atoms with Crippen LogP contribution in [0, 0.1) is 0 Å². The van der Waals surface area contributed by atoms with E-state index in [-0.39, 0.29) is 6.10 Å². The number of ether oxygens (including phenoxy) is 2. The van der Waals surface area contributed by atoms with Gasteiger partial charge in [0.05, 0.1) is 19.0 Å². The van der Waals surface area contributed by atoms with Crippen LogP contribution in [0.3, 0.4) is 0 Å². The molecule has 0 saturated carbocycles. The van der Waals surface area contributed by atoms with Crippen LogP contribution in [0.5, 0.6) is 11.8 Å². The summed E-state index contributed by atoms with van der Waals surface area (Å²) < 4.78 is 11.2. The number of nitrogens with one attached hydrogen (secondary N) is 1. The van der Waals surface area contributed by atoms with E-state index in [4.69, 9.17) is 9.47 Å². The Morgan fingerprint density at radius 1 is 1.41 bits per heavy atom. The maximum atomic E-state index is 5.76. The standard InChI is InChI=1S/C12H19N3O2/c1-2-6-16-11-8-14-9-12(15-11)17-10-4-3-5-13-7-10/h8-10,13H,2-7H2,1H3. The van der Waals surface area contributed by atoms with E-state index in [0.29, 0.717) is 18.4 Å². The molecule has 1 aromatic heterocycles. The van der Waals surface area contributed by atoms with Crippen LogP contribution in [0.25, 0.3) is 0 Å². The van der Waals surface area contributed by atoms with Gasteiger partial charge in [-0.25, -0.2) is 0 Å². The van der Waals surface area contributed by atoms with E-state index >= 15 is 0 Å². The fraction of sp³-hybridized carbons (Fsp3) is 0.667. The van der Waals surface area contributed by atoms with Crippen LogP contribution in [0.15, 0.2) is 12.4 Å². The van der Waals surface area contributed by atoms with E-state index in [1.165, 1.54) is 0 Å². The van der Waals surface area contributed by atoms with Gasteiger partial charge in [-0.05, 0) is 25.8 Å². The molecule has 94 valence electrons. The van der Waals surface area contributed by atoms with E-state index in [1.54, 1.807) is 12.4 Å². The van der Waals surface area contributed by atoms with Crippen molar-refractivity contribution in [2.24, 2.45) is 0 Å². The van der Waals surface area contributed by atoms with Gasteiger partial charge in [-0.2, -0.15) is 4.98 Å². The summed E-state index contributed by atoms with van der Waals surface area (Å²) in [6.45, 7) is 4.66. The van der Waals surface area contributed by atoms with Crippen molar-refractivity contribution in [3.63, 3.8) is 0 Å². The molecule has 0 aromatic carbocycles. The fourth-order valence-corrected chi connectivity index (χ4v) is 1.76. The predicted octanol–water partition coefficient (Wildman–Crippen LogP) is 1.40. The number of piperidine rings is 1. The Morgan fingerprint density at radius 3 is 3.06 bits per heavy atom. The molecule has 1 saturated heterocycles. The molecule has 1 aliphatic rings. The Hall–Kier alpha value is -1.36. The minimum absolute atomic E-state index is 0.194. The summed E-state index contributed by atoms with van der Waals surface area (Å²) in [5.41, 5.74) is 0. The second-order valence-corrected chi connectivity index (χ2v) is 4.13. The summed E-state index contributed by atoms with van der Waals surface area (Å²) >= 11 is 0. The van der Waals surface area contributed by atoms with E-state index < -0.39 is 0 Å². The molecule has 0 aliphatic carbocycles. The highest BCUT2D eigenvalue weighted by atomic mass is 16.5. The van der Waals surface area contributed by atoms with Gasteiger partial charge in [-0.1, -0.05) is 6.92 Å². The smallest absolute Gasteiger partial charge is 0.235 e. The van der Waals surface area contributed by atoms with Crippen LogP contribution < -0.4 is 14.8 Å². The average molecular weight is 237 g/mol. The van der Waals surface area contributed by atoms with Crippen molar-refractivity contribution >= 4 is 0 Å². The van der Waals surface area contributed by atoms with E-state index in [9.17, 15) is 0 Å². The quantitative estimate of drug-likeness (QED) is 0.838. The average Bonchev–Trinajstić information content (AvgIpc) is 2.38. The minimum Gasteiger partial charge on any atom is -0.477 e. The zero-order valence-electron chi connectivity index (χ0n) is 10.2. The molecule has 1 N–H and O–H groups in total. The summed E-state index contributed by atoms with van der Waals surface area (Å²) in [5, 5.41) is 3.30. The third kappa shape index (κ3) is 3.85. The van der Waals surface area contributed by atoms with Crippen molar-refractivity contribution in [3.8, 4) is 11.8 Å². The summed E-state index contributed by atoms with van der Waals surface area (Å²) in [4.78, 5) is 8.34. The summed E-state index contributed by atoms with van der Waals surface area (Å²) in [6.07, 6.45) is 6.60. The molecule has 1 unspecified atom stereocenters. The van der Waals surface area contributed by atoms with Crippen molar-refractivity contribution < 1.29 is 9.47 Å². The molecular weight excluding hydrogens is 218 g/mol. The van der Waals surface area contributed by atoms with Crippen LogP contribution in [0.4, 0.5) is 0 Å². The monoisotopic (exact) mass is 237 g/mol. The number of aromatic nitrogens is 2. The molecule has 1 aliphatic heterocycles. The summed E-state index contributed by atoms with van der Waals surface area (Å²) in [7, 11) is 0. The molecule has 0 spiro atoms. The Morgan fingerprint density at radius 2 is 2.29 bits per heavy atom. The van der Waals surface area contributed by atoms with E-state index in [0.717, 1.165) is 32.4 Å². The lowest BCUT2D eigenvalue weighted by molar-refractivity contribution is 0.157. The van der Waals surface area contributed by atoms with Crippen LogP contribution in [-0.2, 0) is 0 Å². The third-order valence-electron chi connectivity index (χ3n) is 2.58. The molecule has 5 heteroatoms. The lowest BCUT2D eigenvalue weighted by Gasteiger charge is -2.23. The van der Waals surface area contributed by atoms with Crippen LogP contribution in [0.2, 0.25) is 0 Å². The molecule has 1 fully saturated rings. The molecule has 5 nitrogen and oxygen atoms in total. The summed E-state index contributed by atoms with van der Waals surface area (Å²) in [6, 6.07) is 0. The number of nitrogens with zero attached hydrogens (tertiary/aromatic N) is 2. The maximum Gasteiger partial charge on any atom is 0.235 e. The van der Waals surface area contributed by atoms with Crippen LogP contribution in [-0.4, -0.2) is 35.8 Å². The first kappa shape index (κ1) is 12.1. The lowest BCUT2D eigenvalue weighted by atomic mass is 10.1. The Kier molecular flexibility index (Phi) is 4.55. The SMILES string of the molecule is CCCOc1cncc(OC2CCCNC2)n1. The minimum atomic E-state index is 0.194. The fourth-order valence-electron chi connectivity index (χ4n) is 1.76. The topological polar surface area (TPSA) is 56.3 Å². The van der Waals surface area contributed by atoms with Gasteiger partial charge in [0.25, 0.3) is 0 Å². The number of hydrogen-bond donors (Lipinski definition) is 1. The van der Waals surface area contributed by atoms with Crippen molar-refractivity contribution in [1.29, 1.82) is 0 Å². The highest BCUT2D eigenvalue weighted by molar-refractivity contribution is 5.13. The van der Waals surface area contributed by atoms with Gasteiger partial charge < -0.3 is 14.8 Å². The first-order valence-electron chi connectivity index (χ1n) is 6.20. The molecule has 0 amide bonds. The Bertz CT molecular complexity index is 340. The molecule has 17 heavy (non-hydrogen) atoms. The van der Waals surface area contributed by atoms with Crippen molar-refractivity contribution in [2.45, 2.75) is 32.3 Å². The number of hydrogen-bond acceptors (Lipinski definition) is 5. The maximum absolute atomic E-state index is 5.76. The normalized spacial score (nSPS) is 19.9. The third-order valence-corrected chi connectivity index (χ3v) is 2.58. The van der Waals surface area contributed by atoms with Gasteiger partial charge in [0.15, 0.2) is 0 Å². The van der Waals surface area contributed by atoms with Crippen LogP contribution >= 0.6 is 0 Å². The lowest BCUT2D eigenvalue weighted by Crippen LogP contribution is -2.37. The summed E-state index contributed by atoms with van der Waals surface area (Å²) in [5.74, 6) is 1.08. The second-order valence-electron chi connectivity index (χ2n) is 4.13. The number of rotatable bonds is 5. The Balaban J connectivity index is 1.90. The molecule has 1 aromatic rings. The first-order chi connectivity index (χ1) is 8.38. The van der Waals surface area contributed by atoms with Gasteiger partial charge in [0, 0.05) is 6.54 Å². The molecule has 2 heterocycles. The zero-order chi connectivity index (χ0) is 11.9. The van der Waals surface area contributed by atoms with Gasteiger partial charge in [-0.15, -0.1) is 0 Å². The Labute approximate surface area is 102 Å². The van der Waals surface area contributed by atoms with Gasteiger partial charge in [0.1, 0.15) is 6.10 Å². The van der Waals surface area contributed by atoms with Gasteiger partial charge >= 0.3 is 0 Å². The predicted molar refractivity (Wildman–Crippen MR) is 64.3 cm³/mol. The van der Waals surface area contributed by atoms with Crippen LogP contribution in [0.1, 0.15) is 26.2 Å². The first-order valence-corrected chi connectivity index (χ1v) is 6.20. The molecule has 0 bridgehead atoms. The van der Waals surface area contributed by atoms with Gasteiger partial charge in [0.2, 0.25) is 11.8 Å². The van der Waals surface area contributed by atoms with Crippen molar-refractivity contribution in [3.05, 3.63) is 12.4 Å². The second kappa shape index (κ2) is 6.39. The van der Waals surface area contributed by atoms with Crippen molar-refractivity contribution in [1.82, 2.24) is 15.3 Å². The molecule has 0 radical (unpaired) electrons. The van der Waals surface area contributed by atoms with Crippen molar-refractivity contribution in [2.75, 3.05) is 19.7 Å². The molecular formula is C12H19N3O2. The molecule has 1 atom stereocenters. The highest BCUT2D eigenvalue weighted by Crippen LogP contribution is 2.15. The largest absolute Gasteiger partial charge is 0.477 e. The van der Waals surface area contributed by atoms with E-state index in [2.05, 4.69) is 22.2 Å². The molecule has 2 rings (SSSR count). The van der Waals surface area contributed by atoms with Gasteiger partial charge in [-0.3, -0.25) is 4.98 Å².